The number of halogens is 2. The van der Waals surface area contributed by atoms with Gasteiger partial charge >= 0.3 is 0 Å². The van der Waals surface area contributed by atoms with E-state index in [-0.39, 0.29) is 23.0 Å². The fraction of sp³-hybridized carbons (Fsp3) is 0.316. The smallest absolute Gasteiger partial charge is 0.280 e. The first-order chi connectivity index (χ1) is 13.5. The van der Waals surface area contributed by atoms with Gasteiger partial charge in [0.15, 0.2) is 0 Å². The first kappa shape index (κ1) is 18.3. The second kappa shape index (κ2) is 7.51. The summed E-state index contributed by atoms with van der Waals surface area (Å²) in [6, 6.07) is 5.26. The molecule has 0 radical (unpaired) electrons. The van der Waals surface area contributed by atoms with Crippen LogP contribution >= 0.6 is 0 Å². The lowest BCUT2D eigenvalue weighted by Gasteiger charge is -2.19. The van der Waals surface area contributed by atoms with Crippen LogP contribution in [0.4, 0.5) is 14.5 Å². The zero-order valence-electron chi connectivity index (χ0n) is 14.8. The quantitative estimate of drug-likeness (QED) is 0.714. The molecule has 0 unspecified atom stereocenters. The number of aromatic hydroxyl groups is 1. The van der Waals surface area contributed by atoms with Gasteiger partial charge in [-0.25, -0.2) is 18.7 Å². The van der Waals surface area contributed by atoms with Crippen molar-refractivity contribution >= 4 is 17.2 Å². The summed E-state index contributed by atoms with van der Waals surface area (Å²) >= 11 is 0. The molecule has 1 aliphatic rings. The summed E-state index contributed by atoms with van der Waals surface area (Å²) in [7, 11) is 0. The highest BCUT2D eigenvalue weighted by Crippen LogP contribution is 2.30. The first-order valence-electron chi connectivity index (χ1n) is 8.87. The molecule has 1 saturated heterocycles. The second-order valence-corrected chi connectivity index (χ2v) is 6.59. The Balaban J connectivity index is 1.59. The van der Waals surface area contributed by atoms with Crippen molar-refractivity contribution in [3.8, 4) is 5.75 Å². The predicted molar refractivity (Wildman–Crippen MR) is 96.8 cm³/mol. The number of alkyl halides is 2. The number of nitrogens with zero attached hydrogens (tertiary/aromatic N) is 3. The highest BCUT2D eigenvalue weighted by Gasteiger charge is 2.20. The summed E-state index contributed by atoms with van der Waals surface area (Å²) in [6.07, 6.45) is 2.38. The highest BCUT2D eigenvalue weighted by atomic mass is 19.3. The average molecular weight is 388 g/mol. The van der Waals surface area contributed by atoms with Crippen molar-refractivity contribution in [2.75, 3.05) is 18.5 Å². The minimum absolute atomic E-state index is 0.137. The van der Waals surface area contributed by atoms with Gasteiger partial charge in [-0.05, 0) is 25.0 Å². The summed E-state index contributed by atoms with van der Waals surface area (Å²) in [5, 5.41) is 12.7. The van der Waals surface area contributed by atoms with Crippen molar-refractivity contribution < 1.29 is 23.4 Å². The summed E-state index contributed by atoms with van der Waals surface area (Å²) in [4.78, 5) is 20.6. The molecule has 0 aliphatic carbocycles. The molecular formula is C19H18F2N4O3. The van der Waals surface area contributed by atoms with E-state index in [2.05, 4.69) is 15.3 Å². The lowest BCUT2D eigenvalue weighted by atomic mass is 9.97. The summed E-state index contributed by atoms with van der Waals surface area (Å²) in [5.74, 6) is -0.577. The number of aromatic nitrogens is 3. The van der Waals surface area contributed by atoms with E-state index in [4.69, 9.17) is 4.74 Å². The maximum absolute atomic E-state index is 12.8. The van der Waals surface area contributed by atoms with Crippen molar-refractivity contribution in [2.45, 2.75) is 25.2 Å². The monoisotopic (exact) mass is 388 g/mol. The number of hydrogen-bond acceptors (Lipinski definition) is 5. The van der Waals surface area contributed by atoms with Crippen LogP contribution in [0.3, 0.4) is 0 Å². The minimum Gasteiger partial charge on any atom is -0.506 e. The van der Waals surface area contributed by atoms with E-state index in [9.17, 15) is 18.7 Å². The van der Waals surface area contributed by atoms with Crippen LogP contribution in [0.25, 0.3) is 5.65 Å². The second-order valence-electron chi connectivity index (χ2n) is 6.59. The summed E-state index contributed by atoms with van der Waals surface area (Å²) in [5.41, 5.74) is 0.943. The number of carbonyl (C=O) groups excluding carboxylic acids is 1. The Bertz CT molecular complexity index is 1020. The molecule has 0 bridgehead atoms. The SMILES string of the molecule is O=C(Nc1cn2cc(C3CCOCC3)nc2cc1O)c1cccc(C(F)F)n1. The molecule has 1 fully saturated rings. The third-order valence-corrected chi connectivity index (χ3v) is 4.70. The Morgan fingerprint density at radius 3 is 2.79 bits per heavy atom. The maximum Gasteiger partial charge on any atom is 0.280 e. The number of imidazole rings is 1. The largest absolute Gasteiger partial charge is 0.506 e. The van der Waals surface area contributed by atoms with Crippen molar-refractivity contribution in [3.63, 3.8) is 0 Å². The normalized spacial score (nSPS) is 15.2. The van der Waals surface area contributed by atoms with Crippen molar-refractivity contribution in [1.82, 2.24) is 14.4 Å². The Hall–Kier alpha value is -3.07. The van der Waals surface area contributed by atoms with Gasteiger partial charge in [-0.15, -0.1) is 0 Å². The molecule has 9 heteroatoms. The average Bonchev–Trinajstić information content (AvgIpc) is 3.11. The molecule has 0 atom stereocenters. The van der Waals surface area contributed by atoms with Crippen LogP contribution in [0.2, 0.25) is 0 Å². The Kier molecular flexibility index (Phi) is 4.91. The number of anilines is 1. The van der Waals surface area contributed by atoms with Crippen LogP contribution < -0.4 is 5.32 Å². The number of ether oxygens (including phenoxy) is 1. The molecule has 1 amide bonds. The zero-order chi connectivity index (χ0) is 19.7. The molecule has 4 rings (SSSR count). The number of pyridine rings is 2. The van der Waals surface area contributed by atoms with Gasteiger partial charge in [0.25, 0.3) is 12.3 Å². The Labute approximate surface area is 159 Å². The number of amides is 1. The van der Waals surface area contributed by atoms with Gasteiger partial charge in [-0.1, -0.05) is 6.07 Å². The number of carbonyl (C=O) groups is 1. The number of nitrogens with one attached hydrogen (secondary N) is 1. The van der Waals surface area contributed by atoms with Crippen LogP contribution in [0.15, 0.2) is 36.7 Å². The summed E-state index contributed by atoms with van der Waals surface area (Å²) < 4.78 is 32.6. The molecule has 7 nitrogen and oxygen atoms in total. The summed E-state index contributed by atoms with van der Waals surface area (Å²) in [6.45, 7) is 1.38. The van der Waals surface area contributed by atoms with E-state index < -0.39 is 18.0 Å². The molecule has 3 aromatic heterocycles. The highest BCUT2D eigenvalue weighted by molar-refractivity contribution is 6.03. The van der Waals surface area contributed by atoms with Gasteiger partial charge in [0.1, 0.15) is 28.5 Å². The molecule has 3 aromatic rings. The van der Waals surface area contributed by atoms with E-state index in [1.165, 1.54) is 24.4 Å². The first-order valence-corrected chi connectivity index (χ1v) is 8.87. The van der Waals surface area contributed by atoms with Crippen LogP contribution in [-0.2, 0) is 4.74 Å². The van der Waals surface area contributed by atoms with E-state index in [0.29, 0.717) is 18.9 Å². The molecule has 1 aliphatic heterocycles. The Morgan fingerprint density at radius 2 is 2.04 bits per heavy atom. The van der Waals surface area contributed by atoms with Gasteiger partial charge in [0.2, 0.25) is 0 Å². The molecule has 0 spiro atoms. The molecule has 2 N–H and O–H groups in total. The third kappa shape index (κ3) is 3.65. The molecule has 0 saturated carbocycles. The predicted octanol–water partition coefficient (Wildman–Crippen LogP) is 3.52. The van der Waals surface area contributed by atoms with Crippen molar-refractivity contribution in [3.05, 3.63) is 53.7 Å². The number of hydrogen-bond donors (Lipinski definition) is 2. The fourth-order valence-electron chi connectivity index (χ4n) is 3.22. The topological polar surface area (TPSA) is 88.8 Å². The van der Waals surface area contributed by atoms with Crippen molar-refractivity contribution in [2.24, 2.45) is 0 Å². The molecule has 4 heterocycles. The van der Waals surface area contributed by atoms with E-state index >= 15 is 0 Å². The van der Waals surface area contributed by atoms with Gasteiger partial charge in [0, 0.05) is 37.6 Å². The molecule has 28 heavy (non-hydrogen) atoms. The van der Waals surface area contributed by atoms with E-state index in [1.54, 1.807) is 4.40 Å². The van der Waals surface area contributed by atoms with E-state index in [0.717, 1.165) is 24.6 Å². The lowest BCUT2D eigenvalue weighted by molar-refractivity contribution is 0.0846. The molecule has 146 valence electrons. The molecule has 0 aromatic carbocycles. The van der Waals surface area contributed by atoms with Crippen molar-refractivity contribution in [1.29, 1.82) is 0 Å². The van der Waals surface area contributed by atoms with Crippen LogP contribution in [0, 0.1) is 0 Å². The van der Waals surface area contributed by atoms with Gasteiger partial charge in [0.05, 0.1) is 5.69 Å². The number of fused-ring (bicyclic) bond motifs is 1. The third-order valence-electron chi connectivity index (χ3n) is 4.70. The minimum atomic E-state index is -2.77. The van der Waals surface area contributed by atoms with Crippen LogP contribution in [0.5, 0.6) is 5.75 Å². The maximum atomic E-state index is 12.8. The van der Waals surface area contributed by atoms with Crippen LogP contribution in [0.1, 0.15) is 47.1 Å². The number of rotatable bonds is 4. The van der Waals surface area contributed by atoms with Gasteiger partial charge in [-0.2, -0.15) is 0 Å². The van der Waals surface area contributed by atoms with E-state index in [1.807, 2.05) is 6.20 Å². The van der Waals surface area contributed by atoms with Crippen LogP contribution in [-0.4, -0.2) is 38.6 Å². The molecular weight excluding hydrogens is 370 g/mol. The van der Waals surface area contributed by atoms with Gasteiger partial charge in [-0.3, -0.25) is 4.79 Å². The lowest BCUT2D eigenvalue weighted by Crippen LogP contribution is -2.15. The fourth-order valence-corrected chi connectivity index (χ4v) is 3.22. The standard InChI is InChI=1S/C19H18F2N4O3/c20-18(21)12-2-1-3-13(22-12)19(27)24-15-10-25-9-14(11-4-6-28-7-5-11)23-17(25)8-16(15)26/h1-3,8-11,18,26H,4-7H2,(H,24,27). The zero-order valence-corrected chi connectivity index (χ0v) is 14.8. The Morgan fingerprint density at radius 1 is 1.25 bits per heavy atom. The van der Waals surface area contributed by atoms with Gasteiger partial charge < -0.3 is 19.6 Å².